The lowest BCUT2D eigenvalue weighted by Gasteiger charge is -2.19. The Balaban J connectivity index is 1.47. The number of hydrogen-bond donors (Lipinski definition) is 1. The Morgan fingerprint density at radius 3 is 2.50 bits per heavy atom. The monoisotopic (exact) mass is 558 g/mol. The van der Waals surface area contributed by atoms with E-state index in [1.54, 1.807) is 10.6 Å². The Labute approximate surface area is 232 Å². The third-order valence-electron chi connectivity index (χ3n) is 6.77. The first-order valence-corrected chi connectivity index (χ1v) is 14.9. The van der Waals surface area contributed by atoms with E-state index < -0.39 is 15.9 Å². The van der Waals surface area contributed by atoms with Gasteiger partial charge in [-0.3, -0.25) is 9.36 Å². The molecule has 0 fully saturated rings. The number of unbranched alkanes of at least 4 members (excludes halogenated alkanes) is 1. The number of benzene rings is 3. The van der Waals surface area contributed by atoms with E-state index in [1.165, 1.54) is 12.1 Å². The SMILES string of the molecule is CCCCc1nc2ccc(S(C)(=O)=O)cc2c(=O)n1Cc1ccc(OC(c2nn[nH]n2)c2ccccc2C)cc1. The molecule has 0 saturated carbocycles. The van der Waals surface area contributed by atoms with E-state index in [1.807, 2.05) is 55.5 Å². The highest BCUT2D eigenvalue weighted by Crippen LogP contribution is 2.28. The van der Waals surface area contributed by atoms with E-state index in [-0.39, 0.29) is 22.4 Å². The maximum absolute atomic E-state index is 13.6. The summed E-state index contributed by atoms with van der Waals surface area (Å²) in [4.78, 5) is 18.4. The topological polar surface area (TPSA) is 133 Å². The highest BCUT2D eigenvalue weighted by Gasteiger charge is 2.22. The van der Waals surface area contributed by atoms with Crippen LogP contribution in [-0.2, 0) is 22.8 Å². The number of aryl methyl sites for hydroxylation is 2. The van der Waals surface area contributed by atoms with Gasteiger partial charge < -0.3 is 4.74 Å². The maximum Gasteiger partial charge on any atom is 0.261 e. The summed E-state index contributed by atoms with van der Waals surface area (Å²) < 4.78 is 32.2. The van der Waals surface area contributed by atoms with Gasteiger partial charge in [0.1, 0.15) is 11.6 Å². The number of aromatic nitrogens is 6. The van der Waals surface area contributed by atoms with Crippen molar-refractivity contribution >= 4 is 20.7 Å². The van der Waals surface area contributed by atoms with E-state index in [9.17, 15) is 13.2 Å². The van der Waals surface area contributed by atoms with Crippen LogP contribution in [0.2, 0.25) is 0 Å². The molecule has 0 saturated heterocycles. The van der Waals surface area contributed by atoms with Crippen LogP contribution in [0.4, 0.5) is 0 Å². The molecular formula is C29H30N6O4S. The molecular weight excluding hydrogens is 528 g/mol. The molecule has 0 radical (unpaired) electrons. The van der Waals surface area contributed by atoms with Crippen LogP contribution in [-0.4, -0.2) is 44.8 Å². The Morgan fingerprint density at radius 2 is 1.82 bits per heavy atom. The second-order valence-corrected chi connectivity index (χ2v) is 11.8. The lowest BCUT2D eigenvalue weighted by Crippen LogP contribution is -2.26. The summed E-state index contributed by atoms with van der Waals surface area (Å²) >= 11 is 0. The third kappa shape index (κ3) is 5.79. The summed E-state index contributed by atoms with van der Waals surface area (Å²) in [5, 5.41) is 14.7. The van der Waals surface area contributed by atoms with Crippen LogP contribution in [0.1, 0.15) is 54.2 Å². The average molecular weight is 559 g/mol. The van der Waals surface area contributed by atoms with Gasteiger partial charge in [-0.05, 0) is 54.8 Å². The zero-order valence-electron chi connectivity index (χ0n) is 22.5. The van der Waals surface area contributed by atoms with Gasteiger partial charge in [-0.25, -0.2) is 13.4 Å². The van der Waals surface area contributed by atoms with Crippen molar-refractivity contribution in [1.82, 2.24) is 30.2 Å². The number of aromatic amines is 1. The van der Waals surface area contributed by atoms with Crippen LogP contribution in [0.25, 0.3) is 10.9 Å². The number of sulfone groups is 1. The zero-order chi connectivity index (χ0) is 28.3. The molecule has 0 amide bonds. The van der Waals surface area contributed by atoms with Gasteiger partial charge in [0, 0.05) is 18.2 Å². The minimum atomic E-state index is -3.47. The molecule has 40 heavy (non-hydrogen) atoms. The zero-order valence-corrected chi connectivity index (χ0v) is 23.4. The minimum Gasteiger partial charge on any atom is -0.478 e. The van der Waals surface area contributed by atoms with Crippen molar-refractivity contribution < 1.29 is 13.2 Å². The molecule has 10 nitrogen and oxygen atoms in total. The van der Waals surface area contributed by atoms with Gasteiger partial charge in [-0.1, -0.05) is 55.0 Å². The van der Waals surface area contributed by atoms with Crippen molar-refractivity contribution in [2.75, 3.05) is 6.26 Å². The molecule has 11 heteroatoms. The second-order valence-electron chi connectivity index (χ2n) is 9.74. The highest BCUT2D eigenvalue weighted by molar-refractivity contribution is 7.90. The Hall–Kier alpha value is -4.38. The number of ether oxygens (including phenoxy) is 1. The standard InChI is InChI=1S/C29H30N6O4S/c1-4-5-10-26-30-25-16-15-22(40(3,37)38)17-24(25)29(36)35(26)18-20-11-13-21(14-12-20)39-27(28-31-33-34-32-28)23-9-7-6-8-19(23)2/h6-9,11-17,27H,4-5,10,18H2,1-3H3,(H,31,32,33,34). The summed E-state index contributed by atoms with van der Waals surface area (Å²) in [5.74, 6) is 1.69. The molecule has 0 bridgehead atoms. The first-order chi connectivity index (χ1) is 19.2. The van der Waals surface area contributed by atoms with E-state index in [0.29, 0.717) is 29.3 Å². The van der Waals surface area contributed by atoms with E-state index >= 15 is 0 Å². The summed E-state index contributed by atoms with van der Waals surface area (Å²) in [6.07, 6.45) is 3.04. The van der Waals surface area contributed by atoms with Crippen LogP contribution < -0.4 is 10.3 Å². The Bertz CT molecular complexity index is 1800. The smallest absolute Gasteiger partial charge is 0.261 e. The molecule has 2 aromatic heterocycles. The van der Waals surface area contributed by atoms with Gasteiger partial charge in [0.25, 0.3) is 5.56 Å². The first-order valence-electron chi connectivity index (χ1n) is 13.0. The number of fused-ring (bicyclic) bond motifs is 1. The number of tetrazole rings is 1. The molecule has 0 aliphatic heterocycles. The second kappa shape index (κ2) is 11.4. The summed E-state index contributed by atoms with van der Waals surface area (Å²) in [6, 6.07) is 19.9. The fraction of sp³-hybridized carbons (Fsp3) is 0.276. The molecule has 5 rings (SSSR count). The van der Waals surface area contributed by atoms with E-state index in [0.717, 1.165) is 35.8 Å². The van der Waals surface area contributed by atoms with E-state index in [2.05, 4.69) is 27.5 Å². The van der Waals surface area contributed by atoms with Crippen LogP contribution in [0, 0.1) is 6.92 Å². The van der Waals surface area contributed by atoms with Gasteiger partial charge in [-0.15, -0.1) is 10.2 Å². The van der Waals surface area contributed by atoms with Crippen molar-refractivity contribution in [2.24, 2.45) is 0 Å². The maximum atomic E-state index is 13.6. The fourth-order valence-electron chi connectivity index (χ4n) is 4.57. The number of H-pyrrole nitrogens is 1. The van der Waals surface area contributed by atoms with Crippen molar-refractivity contribution in [3.05, 3.63) is 105 Å². The van der Waals surface area contributed by atoms with Gasteiger partial charge >= 0.3 is 0 Å². The van der Waals surface area contributed by atoms with Crippen LogP contribution in [0.15, 0.2) is 76.4 Å². The largest absolute Gasteiger partial charge is 0.478 e. The van der Waals surface area contributed by atoms with Crippen LogP contribution >= 0.6 is 0 Å². The molecule has 0 spiro atoms. The molecule has 3 aromatic carbocycles. The number of nitrogens with one attached hydrogen (secondary N) is 1. The predicted molar refractivity (Wildman–Crippen MR) is 151 cm³/mol. The molecule has 206 valence electrons. The lowest BCUT2D eigenvalue weighted by molar-refractivity contribution is 0.236. The highest BCUT2D eigenvalue weighted by atomic mass is 32.2. The number of rotatable bonds is 10. The van der Waals surface area contributed by atoms with Crippen LogP contribution in [0.3, 0.4) is 0 Å². The summed E-state index contributed by atoms with van der Waals surface area (Å²) in [7, 11) is -3.47. The molecule has 0 aliphatic carbocycles. The average Bonchev–Trinajstić information content (AvgIpc) is 3.48. The number of nitrogens with zero attached hydrogens (tertiary/aromatic N) is 5. The predicted octanol–water partition coefficient (Wildman–Crippen LogP) is 4.18. The minimum absolute atomic E-state index is 0.0954. The lowest BCUT2D eigenvalue weighted by atomic mass is 10.0. The quantitative estimate of drug-likeness (QED) is 0.270. The Kier molecular flexibility index (Phi) is 7.74. The van der Waals surface area contributed by atoms with E-state index in [4.69, 9.17) is 9.72 Å². The molecule has 5 aromatic rings. The summed E-state index contributed by atoms with van der Waals surface area (Å²) in [5.41, 5.74) is 3.07. The fourth-order valence-corrected chi connectivity index (χ4v) is 5.22. The molecule has 1 N–H and O–H groups in total. The third-order valence-corrected chi connectivity index (χ3v) is 7.88. The molecule has 2 heterocycles. The molecule has 1 unspecified atom stereocenters. The van der Waals surface area contributed by atoms with Gasteiger partial charge in [0.05, 0.1) is 22.3 Å². The van der Waals surface area contributed by atoms with Crippen molar-refractivity contribution in [3.8, 4) is 5.75 Å². The first kappa shape index (κ1) is 27.2. The molecule has 0 aliphatic rings. The van der Waals surface area contributed by atoms with Crippen molar-refractivity contribution in [3.63, 3.8) is 0 Å². The molecule has 1 atom stereocenters. The van der Waals surface area contributed by atoms with Crippen molar-refractivity contribution in [2.45, 2.75) is 50.7 Å². The van der Waals surface area contributed by atoms with Gasteiger partial charge in [0.15, 0.2) is 15.9 Å². The van der Waals surface area contributed by atoms with Crippen molar-refractivity contribution in [1.29, 1.82) is 0 Å². The normalized spacial score (nSPS) is 12.5. The van der Waals surface area contributed by atoms with Crippen LogP contribution in [0.5, 0.6) is 5.75 Å². The number of hydrogen-bond acceptors (Lipinski definition) is 8. The summed E-state index contributed by atoms with van der Waals surface area (Å²) in [6.45, 7) is 4.37. The van der Waals surface area contributed by atoms with Gasteiger partial charge in [-0.2, -0.15) is 5.21 Å². The Morgan fingerprint density at radius 1 is 1.05 bits per heavy atom. The van der Waals surface area contributed by atoms with Gasteiger partial charge in [0.2, 0.25) is 5.82 Å².